The highest BCUT2D eigenvalue weighted by atomic mass is 16.5. The summed E-state index contributed by atoms with van der Waals surface area (Å²) in [6.45, 7) is 4.35. The van der Waals surface area contributed by atoms with Crippen LogP contribution in [-0.2, 0) is 4.74 Å². The van der Waals surface area contributed by atoms with Gasteiger partial charge in [0.1, 0.15) is 5.56 Å². The van der Waals surface area contributed by atoms with Gasteiger partial charge in [-0.15, -0.1) is 5.10 Å². The fraction of sp³-hybridized carbons (Fsp3) is 0.583. The first-order valence-electron chi connectivity index (χ1n) is 5.97. The monoisotopic (exact) mass is 251 g/mol. The van der Waals surface area contributed by atoms with Gasteiger partial charge in [0, 0.05) is 19.8 Å². The maximum atomic E-state index is 11.0. The van der Waals surface area contributed by atoms with E-state index in [0.29, 0.717) is 12.4 Å². The van der Waals surface area contributed by atoms with E-state index >= 15 is 0 Å². The van der Waals surface area contributed by atoms with Crippen LogP contribution in [0, 0.1) is 5.41 Å². The summed E-state index contributed by atoms with van der Waals surface area (Å²) < 4.78 is 5.33. The largest absolute Gasteiger partial charge is 0.478 e. The van der Waals surface area contributed by atoms with Crippen molar-refractivity contribution in [2.75, 3.05) is 25.1 Å². The van der Waals surface area contributed by atoms with Gasteiger partial charge in [-0.1, -0.05) is 6.92 Å². The smallest absolute Gasteiger partial charge is 0.339 e. The number of nitrogens with one attached hydrogen (secondary N) is 1. The lowest BCUT2D eigenvalue weighted by atomic mass is 9.82. The predicted molar refractivity (Wildman–Crippen MR) is 65.6 cm³/mol. The van der Waals surface area contributed by atoms with Crippen LogP contribution >= 0.6 is 0 Å². The van der Waals surface area contributed by atoms with E-state index in [-0.39, 0.29) is 11.0 Å². The van der Waals surface area contributed by atoms with Gasteiger partial charge in [0.25, 0.3) is 0 Å². The molecule has 0 aliphatic carbocycles. The fourth-order valence-electron chi connectivity index (χ4n) is 1.97. The second-order valence-electron chi connectivity index (χ2n) is 4.88. The van der Waals surface area contributed by atoms with Gasteiger partial charge in [-0.25, -0.2) is 4.79 Å². The van der Waals surface area contributed by atoms with Crippen LogP contribution in [0.15, 0.2) is 12.3 Å². The second kappa shape index (κ2) is 5.30. The quantitative estimate of drug-likeness (QED) is 0.841. The molecule has 0 amide bonds. The Balaban J connectivity index is 2.03. The number of ether oxygens (including phenoxy) is 1. The Bertz CT molecular complexity index is 430. The second-order valence-corrected chi connectivity index (χ2v) is 4.88. The maximum absolute atomic E-state index is 11.0. The van der Waals surface area contributed by atoms with Gasteiger partial charge in [0.2, 0.25) is 0 Å². The standard InChI is InChI=1S/C12H17N3O3/c1-12(3-6-18-7-4-12)8-13-10-9(11(16)17)2-5-14-15-10/h2,5H,3-4,6-8H2,1H3,(H,13,15)(H,16,17). The Hall–Kier alpha value is -1.69. The first kappa shape index (κ1) is 12.8. The zero-order valence-corrected chi connectivity index (χ0v) is 10.3. The SMILES string of the molecule is CC1(CNc2nnccc2C(=O)O)CCOCC1. The summed E-state index contributed by atoms with van der Waals surface area (Å²) in [4.78, 5) is 11.0. The molecule has 1 aliphatic heterocycles. The van der Waals surface area contributed by atoms with Crippen molar-refractivity contribution >= 4 is 11.8 Å². The Labute approximate surface area is 105 Å². The Kier molecular flexibility index (Phi) is 3.76. The highest BCUT2D eigenvalue weighted by Gasteiger charge is 2.27. The average molecular weight is 251 g/mol. The average Bonchev–Trinajstić information content (AvgIpc) is 2.38. The van der Waals surface area contributed by atoms with E-state index in [4.69, 9.17) is 9.84 Å². The van der Waals surface area contributed by atoms with Gasteiger partial charge in [0.05, 0.1) is 6.20 Å². The minimum atomic E-state index is -0.996. The van der Waals surface area contributed by atoms with Crippen molar-refractivity contribution in [1.29, 1.82) is 0 Å². The molecule has 6 nitrogen and oxygen atoms in total. The van der Waals surface area contributed by atoms with Crippen LogP contribution in [0.2, 0.25) is 0 Å². The molecule has 2 rings (SSSR count). The third kappa shape index (κ3) is 2.95. The molecule has 1 aliphatic rings. The summed E-state index contributed by atoms with van der Waals surface area (Å²) in [7, 11) is 0. The molecule has 18 heavy (non-hydrogen) atoms. The van der Waals surface area contributed by atoms with E-state index in [0.717, 1.165) is 26.1 Å². The molecule has 1 saturated heterocycles. The van der Waals surface area contributed by atoms with Crippen molar-refractivity contribution in [1.82, 2.24) is 10.2 Å². The highest BCUT2D eigenvalue weighted by Crippen LogP contribution is 2.30. The van der Waals surface area contributed by atoms with Crippen LogP contribution in [0.5, 0.6) is 0 Å². The molecule has 0 unspecified atom stereocenters. The first-order valence-corrected chi connectivity index (χ1v) is 5.97. The van der Waals surface area contributed by atoms with Crippen molar-refractivity contribution in [2.45, 2.75) is 19.8 Å². The predicted octanol–water partition coefficient (Wildman–Crippen LogP) is 1.40. The van der Waals surface area contributed by atoms with Crippen LogP contribution in [0.1, 0.15) is 30.1 Å². The lowest BCUT2D eigenvalue weighted by Gasteiger charge is -2.33. The van der Waals surface area contributed by atoms with Crippen LogP contribution in [0.4, 0.5) is 5.82 Å². The van der Waals surface area contributed by atoms with Crippen molar-refractivity contribution < 1.29 is 14.6 Å². The Morgan fingerprint density at radius 3 is 2.94 bits per heavy atom. The molecule has 6 heteroatoms. The maximum Gasteiger partial charge on any atom is 0.339 e. The number of hydrogen-bond donors (Lipinski definition) is 2. The minimum Gasteiger partial charge on any atom is -0.478 e. The molecule has 1 fully saturated rings. The third-order valence-corrected chi connectivity index (χ3v) is 3.33. The number of rotatable bonds is 4. The van der Waals surface area contributed by atoms with Crippen LogP contribution < -0.4 is 5.32 Å². The Morgan fingerprint density at radius 1 is 1.56 bits per heavy atom. The van der Waals surface area contributed by atoms with Crippen molar-refractivity contribution in [3.63, 3.8) is 0 Å². The van der Waals surface area contributed by atoms with Crippen LogP contribution in [0.3, 0.4) is 0 Å². The van der Waals surface area contributed by atoms with Crippen LogP contribution in [-0.4, -0.2) is 41.0 Å². The number of carboxylic acids is 1. The molecule has 0 spiro atoms. The van der Waals surface area contributed by atoms with E-state index in [1.54, 1.807) is 0 Å². The summed E-state index contributed by atoms with van der Waals surface area (Å²) in [5.41, 5.74) is 0.270. The van der Waals surface area contributed by atoms with Crippen molar-refractivity contribution in [2.24, 2.45) is 5.41 Å². The zero-order valence-electron chi connectivity index (χ0n) is 10.3. The number of aromatic carboxylic acids is 1. The number of anilines is 1. The molecule has 0 atom stereocenters. The molecule has 2 heterocycles. The summed E-state index contributed by atoms with van der Waals surface area (Å²) >= 11 is 0. The lowest BCUT2D eigenvalue weighted by Crippen LogP contribution is -2.33. The van der Waals surface area contributed by atoms with Gasteiger partial charge >= 0.3 is 5.97 Å². The molecule has 1 aromatic rings. The number of carboxylic acid groups (broad SMARTS) is 1. The fourth-order valence-corrected chi connectivity index (χ4v) is 1.97. The van der Waals surface area contributed by atoms with Gasteiger partial charge in [0.15, 0.2) is 5.82 Å². The molecule has 0 aromatic carbocycles. The molecule has 0 saturated carbocycles. The molecule has 2 N–H and O–H groups in total. The van der Waals surface area contributed by atoms with Gasteiger partial charge in [-0.3, -0.25) is 0 Å². The number of aromatic nitrogens is 2. The molecular weight excluding hydrogens is 234 g/mol. The first-order chi connectivity index (χ1) is 8.61. The van der Waals surface area contributed by atoms with E-state index in [1.165, 1.54) is 12.3 Å². The van der Waals surface area contributed by atoms with E-state index < -0.39 is 5.97 Å². The van der Waals surface area contributed by atoms with Crippen molar-refractivity contribution in [3.8, 4) is 0 Å². The van der Waals surface area contributed by atoms with Gasteiger partial charge in [-0.05, 0) is 24.3 Å². The molecule has 0 bridgehead atoms. The zero-order chi connectivity index (χ0) is 13.0. The number of carbonyl (C=O) groups is 1. The molecule has 98 valence electrons. The summed E-state index contributed by atoms with van der Waals surface area (Å²) in [6, 6.07) is 1.45. The highest BCUT2D eigenvalue weighted by molar-refractivity contribution is 5.92. The van der Waals surface area contributed by atoms with E-state index in [2.05, 4.69) is 22.4 Å². The lowest BCUT2D eigenvalue weighted by molar-refractivity contribution is 0.0299. The third-order valence-electron chi connectivity index (χ3n) is 3.33. The number of nitrogens with zero attached hydrogens (tertiary/aromatic N) is 2. The summed E-state index contributed by atoms with van der Waals surface area (Å²) in [5.74, 6) is -0.665. The van der Waals surface area contributed by atoms with E-state index in [9.17, 15) is 4.79 Å². The van der Waals surface area contributed by atoms with E-state index in [1.807, 2.05) is 0 Å². The summed E-state index contributed by atoms with van der Waals surface area (Å²) in [5, 5.41) is 19.7. The topological polar surface area (TPSA) is 84.3 Å². The summed E-state index contributed by atoms with van der Waals surface area (Å²) in [6.07, 6.45) is 3.30. The van der Waals surface area contributed by atoms with Crippen molar-refractivity contribution in [3.05, 3.63) is 17.8 Å². The molecular formula is C12H17N3O3. The van der Waals surface area contributed by atoms with Gasteiger partial charge < -0.3 is 15.2 Å². The number of hydrogen-bond acceptors (Lipinski definition) is 5. The Morgan fingerprint density at radius 2 is 2.28 bits per heavy atom. The van der Waals surface area contributed by atoms with Gasteiger partial charge in [-0.2, -0.15) is 5.10 Å². The normalized spacial score (nSPS) is 18.3. The molecule has 0 radical (unpaired) electrons. The molecule has 1 aromatic heterocycles. The minimum absolute atomic E-state index is 0.117. The van der Waals surface area contributed by atoms with Crippen LogP contribution in [0.25, 0.3) is 0 Å².